The molecule has 0 bridgehead atoms. The molecule has 198 valence electrons. The number of hydrogen-bond acceptors (Lipinski definition) is 6. The monoisotopic (exact) mass is 528 g/mol. The van der Waals surface area contributed by atoms with Crippen molar-refractivity contribution in [3.63, 3.8) is 0 Å². The molecule has 0 aromatic heterocycles. The fourth-order valence-corrected chi connectivity index (χ4v) is 3.89. The smallest absolute Gasteiger partial charge is 0.128 e. The van der Waals surface area contributed by atoms with Crippen molar-refractivity contribution in [1.82, 2.24) is 0 Å². The van der Waals surface area contributed by atoms with Gasteiger partial charge in [-0.3, -0.25) is 9.98 Å². The molecule has 5 aromatic carbocycles. The number of rotatable bonds is 10. The highest BCUT2D eigenvalue weighted by molar-refractivity contribution is 5.89. The number of hydrogen-bond donors (Lipinski definition) is 2. The number of aliphatic imine (C=N–C) groups is 2. The van der Waals surface area contributed by atoms with Crippen LogP contribution < -0.4 is 9.47 Å². The van der Waals surface area contributed by atoms with Gasteiger partial charge in [0.25, 0.3) is 0 Å². The maximum absolute atomic E-state index is 10.5. The Hall–Kier alpha value is -5.36. The predicted molar refractivity (Wildman–Crippen MR) is 159 cm³/mol. The summed E-state index contributed by atoms with van der Waals surface area (Å²) in [6.07, 6.45) is 3.17. The number of para-hydroxylation sites is 2. The second kappa shape index (κ2) is 12.9. The molecule has 0 saturated carbocycles. The minimum atomic E-state index is 0.0646. The summed E-state index contributed by atoms with van der Waals surface area (Å²) in [6, 6.07) is 37.3. The van der Waals surface area contributed by atoms with Gasteiger partial charge in [-0.05, 0) is 47.5 Å². The van der Waals surface area contributed by atoms with Crippen LogP contribution in [0.15, 0.2) is 131 Å². The van der Waals surface area contributed by atoms with Gasteiger partial charge in [0.05, 0.1) is 11.4 Å². The lowest BCUT2D eigenvalue weighted by molar-refractivity contribution is 0.304. The zero-order valence-electron chi connectivity index (χ0n) is 21.7. The number of ether oxygens (including phenoxy) is 2. The third-order valence-electron chi connectivity index (χ3n) is 6.07. The molecule has 6 nitrogen and oxygen atoms in total. The average Bonchev–Trinajstić information content (AvgIpc) is 2.99. The molecule has 0 radical (unpaired) electrons. The van der Waals surface area contributed by atoms with Gasteiger partial charge in [0.1, 0.15) is 36.2 Å². The zero-order chi connectivity index (χ0) is 27.6. The third kappa shape index (κ3) is 7.14. The first-order valence-corrected chi connectivity index (χ1v) is 12.8. The lowest BCUT2D eigenvalue weighted by Crippen LogP contribution is -1.95. The summed E-state index contributed by atoms with van der Waals surface area (Å²) in [5.74, 6) is 1.27. The quantitative estimate of drug-likeness (QED) is 0.182. The molecule has 0 atom stereocenters. The molecule has 2 N–H and O–H groups in total. The van der Waals surface area contributed by atoms with Crippen LogP contribution >= 0.6 is 0 Å². The Morgan fingerprint density at radius 2 is 0.900 bits per heavy atom. The fourth-order valence-electron chi connectivity index (χ4n) is 3.89. The van der Waals surface area contributed by atoms with E-state index in [1.807, 2.05) is 84.9 Å². The van der Waals surface area contributed by atoms with E-state index in [1.165, 1.54) is 0 Å². The fraction of sp³-hybridized carbons (Fsp3) is 0.0588. The molecule has 0 aliphatic carbocycles. The highest BCUT2D eigenvalue weighted by Gasteiger charge is 2.05. The van der Waals surface area contributed by atoms with Crippen molar-refractivity contribution >= 4 is 23.8 Å². The molecule has 40 heavy (non-hydrogen) atoms. The largest absolute Gasteiger partial charge is 0.507 e. The van der Waals surface area contributed by atoms with Crippen molar-refractivity contribution in [3.8, 4) is 23.0 Å². The Balaban J connectivity index is 1.24. The Morgan fingerprint density at radius 1 is 0.500 bits per heavy atom. The van der Waals surface area contributed by atoms with Crippen LogP contribution in [0.4, 0.5) is 11.4 Å². The van der Waals surface area contributed by atoms with Crippen LogP contribution in [0.3, 0.4) is 0 Å². The van der Waals surface area contributed by atoms with E-state index < -0.39 is 0 Å². The van der Waals surface area contributed by atoms with Crippen molar-refractivity contribution in [2.75, 3.05) is 0 Å². The van der Waals surface area contributed by atoms with Gasteiger partial charge >= 0.3 is 0 Å². The first-order valence-electron chi connectivity index (χ1n) is 12.8. The normalized spacial score (nSPS) is 11.2. The van der Waals surface area contributed by atoms with Crippen LogP contribution in [-0.4, -0.2) is 22.6 Å². The van der Waals surface area contributed by atoms with Crippen LogP contribution in [0, 0.1) is 0 Å². The summed E-state index contributed by atoms with van der Waals surface area (Å²) in [4.78, 5) is 9.08. The van der Waals surface area contributed by atoms with Crippen LogP contribution in [0.5, 0.6) is 23.0 Å². The minimum absolute atomic E-state index is 0.0646. The van der Waals surface area contributed by atoms with Gasteiger partial charge in [0, 0.05) is 35.7 Å². The number of aromatic hydroxyl groups is 2. The molecule has 0 heterocycles. The Morgan fingerprint density at radius 3 is 1.30 bits per heavy atom. The summed E-state index contributed by atoms with van der Waals surface area (Å²) < 4.78 is 11.6. The number of phenolic OH excluding ortho intramolecular Hbond substituents is 2. The first kappa shape index (κ1) is 26.3. The van der Waals surface area contributed by atoms with E-state index in [4.69, 9.17) is 9.47 Å². The summed E-state index contributed by atoms with van der Waals surface area (Å²) in [5, 5.41) is 21.0. The maximum atomic E-state index is 10.5. The lowest BCUT2D eigenvalue weighted by Gasteiger charge is -2.08. The van der Waals surface area contributed by atoms with Gasteiger partial charge < -0.3 is 19.7 Å². The molecular weight excluding hydrogens is 500 g/mol. The third-order valence-corrected chi connectivity index (χ3v) is 6.07. The van der Waals surface area contributed by atoms with Gasteiger partial charge in [-0.15, -0.1) is 0 Å². The molecule has 0 aliphatic rings. The summed E-state index contributed by atoms with van der Waals surface area (Å²) in [5.41, 5.74) is 4.43. The Bertz CT molecular complexity index is 1490. The van der Waals surface area contributed by atoms with E-state index in [0.717, 1.165) is 11.1 Å². The molecule has 5 rings (SSSR count). The van der Waals surface area contributed by atoms with Gasteiger partial charge in [-0.25, -0.2) is 0 Å². The van der Waals surface area contributed by atoms with Crippen molar-refractivity contribution in [2.45, 2.75) is 13.2 Å². The van der Waals surface area contributed by atoms with Crippen LogP contribution in [0.1, 0.15) is 22.3 Å². The molecule has 0 saturated heterocycles. The molecular formula is C34H28N2O4. The Labute approximate surface area is 233 Å². The van der Waals surface area contributed by atoms with Crippen molar-refractivity contribution in [1.29, 1.82) is 0 Å². The summed E-state index contributed by atoms with van der Waals surface area (Å²) in [6.45, 7) is 0.830. The topological polar surface area (TPSA) is 83.6 Å². The van der Waals surface area contributed by atoms with Crippen LogP contribution in [0.25, 0.3) is 0 Å². The van der Waals surface area contributed by atoms with Crippen LogP contribution in [0.2, 0.25) is 0 Å². The van der Waals surface area contributed by atoms with Crippen LogP contribution in [-0.2, 0) is 13.2 Å². The highest BCUT2D eigenvalue weighted by atomic mass is 16.5. The van der Waals surface area contributed by atoms with E-state index >= 15 is 0 Å². The van der Waals surface area contributed by atoms with Crippen molar-refractivity contribution < 1.29 is 19.7 Å². The molecule has 6 heteroatoms. The first-order chi connectivity index (χ1) is 19.6. The summed E-state index contributed by atoms with van der Waals surface area (Å²) >= 11 is 0. The van der Waals surface area contributed by atoms with E-state index in [9.17, 15) is 10.2 Å². The molecule has 0 aliphatic heterocycles. The van der Waals surface area contributed by atoms with Gasteiger partial charge in [0.2, 0.25) is 0 Å². The maximum Gasteiger partial charge on any atom is 0.128 e. The molecule has 5 aromatic rings. The van der Waals surface area contributed by atoms with Gasteiger partial charge in [-0.1, -0.05) is 72.8 Å². The second-order valence-electron chi connectivity index (χ2n) is 8.99. The molecule has 0 amide bonds. The van der Waals surface area contributed by atoms with E-state index in [1.54, 1.807) is 48.8 Å². The zero-order valence-corrected chi connectivity index (χ0v) is 21.7. The summed E-state index contributed by atoms with van der Waals surface area (Å²) in [7, 11) is 0. The second-order valence-corrected chi connectivity index (χ2v) is 8.99. The molecule has 0 unspecified atom stereocenters. The molecule has 0 fully saturated rings. The van der Waals surface area contributed by atoms with Gasteiger partial charge in [-0.2, -0.15) is 0 Å². The lowest BCUT2D eigenvalue weighted by atomic mass is 10.2. The number of nitrogens with zero attached hydrogens (tertiary/aromatic N) is 2. The van der Waals surface area contributed by atoms with Crippen molar-refractivity contribution in [3.05, 3.63) is 144 Å². The highest BCUT2D eigenvalue weighted by Crippen LogP contribution is 2.30. The standard InChI is InChI=1S/C34H28N2O4/c37-33-19-29(39-23-25-9-3-1-4-10-25)17-15-27(33)21-35-31-13-7-8-14-32(31)36-22-28-16-18-30(20-34(28)38)40-24-26-11-5-2-6-12-26/h1-22,37-38H,23-24H2. The number of benzene rings is 5. The SMILES string of the molecule is Oc1cc(OCc2ccccc2)ccc1C=Nc1ccccc1N=Cc1ccc(OCc2ccccc2)cc1O. The van der Waals surface area contributed by atoms with Crippen molar-refractivity contribution in [2.24, 2.45) is 9.98 Å². The predicted octanol–water partition coefficient (Wildman–Crippen LogP) is 7.76. The Kier molecular flexibility index (Phi) is 8.49. The van der Waals surface area contributed by atoms with E-state index in [2.05, 4.69) is 9.98 Å². The van der Waals surface area contributed by atoms with E-state index in [0.29, 0.717) is 47.2 Å². The average molecular weight is 529 g/mol. The van der Waals surface area contributed by atoms with E-state index in [-0.39, 0.29) is 11.5 Å². The number of phenols is 2. The molecule has 0 spiro atoms. The van der Waals surface area contributed by atoms with Gasteiger partial charge in [0.15, 0.2) is 0 Å². The minimum Gasteiger partial charge on any atom is -0.507 e.